The van der Waals surface area contributed by atoms with E-state index in [9.17, 15) is 19.4 Å². The topological polar surface area (TPSA) is 108 Å². The minimum Gasteiger partial charge on any atom is -0.391 e. The molecule has 8 nitrogen and oxygen atoms in total. The molecular formula is C24H51N2O6P. The van der Waals surface area contributed by atoms with E-state index >= 15 is 0 Å². The van der Waals surface area contributed by atoms with Crippen molar-refractivity contribution in [2.75, 3.05) is 33.9 Å². The summed E-state index contributed by atoms with van der Waals surface area (Å²) < 4.78 is 21.9. The molecule has 0 aliphatic rings. The van der Waals surface area contributed by atoms with Crippen molar-refractivity contribution in [2.24, 2.45) is 0 Å². The normalized spacial score (nSPS) is 15.4. The summed E-state index contributed by atoms with van der Waals surface area (Å²) in [4.78, 5) is 23.1. The Balaban J connectivity index is 3.97. The van der Waals surface area contributed by atoms with E-state index in [-0.39, 0.29) is 19.1 Å². The lowest BCUT2D eigenvalue weighted by atomic mass is 10.0. The fourth-order valence-corrected chi connectivity index (χ4v) is 4.37. The predicted octanol–water partition coefficient (Wildman–Crippen LogP) is 5.03. The lowest BCUT2D eigenvalue weighted by Crippen LogP contribution is -2.45. The van der Waals surface area contributed by atoms with Gasteiger partial charge in [0.15, 0.2) is 0 Å². The van der Waals surface area contributed by atoms with Gasteiger partial charge in [0.2, 0.25) is 5.91 Å². The van der Waals surface area contributed by atoms with Crippen LogP contribution in [0.1, 0.15) is 104 Å². The summed E-state index contributed by atoms with van der Waals surface area (Å²) in [5.74, 6) is -0.325. The molecule has 0 saturated heterocycles. The number of likely N-dealkylation sites (N-methyl/N-ethyl adjacent to an activating group) is 1. The first-order valence-electron chi connectivity index (χ1n) is 12.9. The number of carbonyl (C=O) groups is 1. The fourth-order valence-electron chi connectivity index (χ4n) is 3.63. The number of hydrogen-bond donors (Lipinski definition) is 3. The van der Waals surface area contributed by atoms with Crippen LogP contribution in [0.15, 0.2) is 0 Å². The molecule has 3 atom stereocenters. The molecule has 0 aliphatic carbocycles. The Morgan fingerprint density at radius 2 is 1.39 bits per heavy atom. The zero-order chi connectivity index (χ0) is 25.0. The Hall–Kier alpha value is -0.500. The molecule has 0 aromatic heterocycles. The van der Waals surface area contributed by atoms with Gasteiger partial charge in [-0.25, -0.2) is 4.57 Å². The van der Waals surface area contributed by atoms with E-state index in [1.165, 1.54) is 71.1 Å². The Bertz CT molecular complexity index is 521. The molecule has 0 saturated carbocycles. The number of unbranched alkanes of at least 4 members (excludes halogenated alkanes) is 12. The van der Waals surface area contributed by atoms with Crippen LogP contribution < -0.4 is 5.32 Å². The molecule has 1 unspecified atom stereocenters. The van der Waals surface area contributed by atoms with Crippen LogP contribution in [0.25, 0.3) is 0 Å². The second-order valence-corrected chi connectivity index (χ2v) is 10.8. The quantitative estimate of drug-likeness (QED) is 0.135. The number of phosphoric acid groups is 1. The number of aliphatic hydroxyl groups is 1. The van der Waals surface area contributed by atoms with Gasteiger partial charge in [-0.05, 0) is 20.5 Å². The monoisotopic (exact) mass is 494 g/mol. The second-order valence-electron chi connectivity index (χ2n) is 9.31. The van der Waals surface area contributed by atoms with E-state index in [0.717, 1.165) is 19.3 Å². The first kappa shape index (κ1) is 32.5. The van der Waals surface area contributed by atoms with Gasteiger partial charge in [-0.1, -0.05) is 90.4 Å². The summed E-state index contributed by atoms with van der Waals surface area (Å²) in [6, 6.07) is -0.752. The van der Waals surface area contributed by atoms with Crippen LogP contribution in [0.5, 0.6) is 0 Å². The molecule has 0 rings (SSSR count). The Morgan fingerprint density at radius 1 is 0.909 bits per heavy atom. The molecule has 9 heteroatoms. The van der Waals surface area contributed by atoms with E-state index < -0.39 is 20.0 Å². The highest BCUT2D eigenvalue weighted by molar-refractivity contribution is 7.47. The van der Waals surface area contributed by atoms with Crippen molar-refractivity contribution >= 4 is 13.7 Å². The van der Waals surface area contributed by atoms with Gasteiger partial charge in [0, 0.05) is 13.5 Å². The van der Waals surface area contributed by atoms with Gasteiger partial charge in [-0.3, -0.25) is 13.8 Å². The van der Waals surface area contributed by atoms with Crippen LogP contribution in [-0.2, 0) is 18.4 Å². The summed E-state index contributed by atoms with van der Waals surface area (Å²) >= 11 is 0. The SMILES string of the molecule is CCCCCCCCCCCCCCC[C@@H](O)[C@H](COP(=O)(O)OCCN(C)C)NC(C)=O. The van der Waals surface area contributed by atoms with Crippen molar-refractivity contribution in [3.8, 4) is 0 Å². The molecule has 0 fully saturated rings. The van der Waals surface area contributed by atoms with E-state index in [0.29, 0.717) is 13.0 Å². The van der Waals surface area contributed by atoms with Gasteiger partial charge in [-0.15, -0.1) is 0 Å². The zero-order valence-electron chi connectivity index (χ0n) is 21.6. The van der Waals surface area contributed by atoms with Crippen LogP contribution in [0.3, 0.4) is 0 Å². The van der Waals surface area contributed by atoms with E-state index in [1.807, 2.05) is 19.0 Å². The highest BCUT2D eigenvalue weighted by Crippen LogP contribution is 2.43. The van der Waals surface area contributed by atoms with E-state index in [4.69, 9.17) is 9.05 Å². The Kier molecular flexibility index (Phi) is 20.5. The van der Waals surface area contributed by atoms with Crippen LogP contribution in [0.4, 0.5) is 0 Å². The highest BCUT2D eigenvalue weighted by atomic mass is 31.2. The standard InChI is InChI=1S/C24H51N2O6P/c1-5-6-7-8-9-10-11-12-13-14-15-16-17-18-24(28)23(25-22(2)27)21-32-33(29,30)31-20-19-26(3)4/h23-24,28H,5-21H2,1-4H3,(H,25,27)(H,29,30)/t23-,24+/m0/s1. The van der Waals surface area contributed by atoms with Gasteiger partial charge >= 0.3 is 7.82 Å². The van der Waals surface area contributed by atoms with Crippen molar-refractivity contribution in [2.45, 2.75) is 116 Å². The van der Waals surface area contributed by atoms with Gasteiger partial charge in [0.1, 0.15) is 0 Å². The average molecular weight is 495 g/mol. The molecule has 0 bridgehead atoms. The smallest absolute Gasteiger partial charge is 0.391 e. The van der Waals surface area contributed by atoms with Crippen LogP contribution >= 0.6 is 7.82 Å². The molecule has 0 aromatic carbocycles. The molecular weight excluding hydrogens is 443 g/mol. The molecule has 3 N–H and O–H groups in total. The van der Waals surface area contributed by atoms with Crippen molar-refractivity contribution in [3.63, 3.8) is 0 Å². The van der Waals surface area contributed by atoms with E-state index in [1.54, 1.807) is 0 Å². The van der Waals surface area contributed by atoms with Gasteiger partial charge in [0.25, 0.3) is 0 Å². The largest absolute Gasteiger partial charge is 0.472 e. The third kappa shape index (κ3) is 21.8. The molecule has 33 heavy (non-hydrogen) atoms. The summed E-state index contributed by atoms with van der Waals surface area (Å²) in [5, 5.41) is 13.1. The first-order chi connectivity index (χ1) is 15.7. The summed E-state index contributed by atoms with van der Waals surface area (Å²) in [5.41, 5.74) is 0. The number of hydrogen-bond acceptors (Lipinski definition) is 6. The summed E-state index contributed by atoms with van der Waals surface area (Å²) in [7, 11) is -0.584. The number of nitrogens with zero attached hydrogens (tertiary/aromatic N) is 1. The third-order valence-corrected chi connectivity index (χ3v) is 6.65. The maximum atomic E-state index is 12.0. The number of aliphatic hydroxyl groups excluding tert-OH is 1. The summed E-state index contributed by atoms with van der Waals surface area (Å²) in [6.45, 7) is 3.83. The molecule has 0 radical (unpaired) electrons. The fraction of sp³-hybridized carbons (Fsp3) is 0.958. The maximum absolute atomic E-state index is 12.0. The number of amides is 1. The summed E-state index contributed by atoms with van der Waals surface area (Å²) in [6.07, 6.45) is 15.9. The van der Waals surface area contributed by atoms with E-state index in [2.05, 4.69) is 12.2 Å². The molecule has 0 heterocycles. The maximum Gasteiger partial charge on any atom is 0.472 e. The van der Waals surface area contributed by atoms with Gasteiger partial charge < -0.3 is 20.2 Å². The number of nitrogens with one attached hydrogen (secondary N) is 1. The highest BCUT2D eigenvalue weighted by Gasteiger charge is 2.27. The van der Waals surface area contributed by atoms with Crippen LogP contribution in [-0.4, -0.2) is 66.8 Å². The van der Waals surface area contributed by atoms with Crippen molar-refractivity contribution in [3.05, 3.63) is 0 Å². The number of phosphoric ester groups is 1. The minimum absolute atomic E-state index is 0.0487. The second kappa shape index (κ2) is 20.8. The zero-order valence-corrected chi connectivity index (χ0v) is 22.5. The lowest BCUT2D eigenvalue weighted by Gasteiger charge is -2.24. The van der Waals surface area contributed by atoms with Crippen molar-refractivity contribution in [1.29, 1.82) is 0 Å². The van der Waals surface area contributed by atoms with Gasteiger partial charge in [0.05, 0.1) is 25.4 Å². The first-order valence-corrected chi connectivity index (χ1v) is 14.4. The number of rotatable bonds is 23. The van der Waals surface area contributed by atoms with Crippen molar-refractivity contribution < 1.29 is 28.4 Å². The predicted molar refractivity (Wildman–Crippen MR) is 134 cm³/mol. The average Bonchev–Trinajstić information content (AvgIpc) is 2.73. The van der Waals surface area contributed by atoms with Gasteiger partial charge in [-0.2, -0.15) is 0 Å². The molecule has 0 aliphatic heterocycles. The third-order valence-electron chi connectivity index (χ3n) is 5.67. The lowest BCUT2D eigenvalue weighted by molar-refractivity contribution is -0.121. The van der Waals surface area contributed by atoms with Crippen LogP contribution in [0.2, 0.25) is 0 Å². The number of carbonyl (C=O) groups excluding carboxylic acids is 1. The molecule has 1 amide bonds. The minimum atomic E-state index is -4.23. The Morgan fingerprint density at radius 3 is 1.85 bits per heavy atom. The van der Waals surface area contributed by atoms with Crippen LogP contribution in [0, 0.1) is 0 Å². The molecule has 0 spiro atoms. The van der Waals surface area contributed by atoms with Crippen molar-refractivity contribution in [1.82, 2.24) is 10.2 Å². The molecule has 0 aromatic rings. The molecule has 198 valence electrons. The Labute approximate surface area is 202 Å².